The van der Waals surface area contributed by atoms with Gasteiger partial charge in [0.1, 0.15) is 0 Å². The van der Waals surface area contributed by atoms with Gasteiger partial charge in [-0.25, -0.2) is 0 Å². The van der Waals surface area contributed by atoms with E-state index in [0.29, 0.717) is 0 Å². The van der Waals surface area contributed by atoms with E-state index >= 15 is 0 Å². The third-order valence-electron chi connectivity index (χ3n) is 4.20. The topological polar surface area (TPSA) is 99.7 Å². The van der Waals surface area contributed by atoms with Crippen molar-refractivity contribution in [3.63, 3.8) is 0 Å². The first kappa shape index (κ1) is 11.0. The minimum atomic E-state index is -0.316. The molecule has 0 aromatic carbocycles. The lowest BCUT2D eigenvalue weighted by Crippen LogP contribution is -2.46. The molecule has 0 heterocycles. The van der Waals surface area contributed by atoms with Crippen LogP contribution in [0, 0.1) is 27.6 Å². The van der Waals surface area contributed by atoms with Gasteiger partial charge in [0.25, 0.3) is 0 Å². The van der Waals surface area contributed by atoms with E-state index in [1.54, 1.807) is 0 Å². The maximum Gasteiger partial charge on any atom is 0.0971 e. The average Bonchev–Trinajstić information content (AvgIpc) is 2.24. The molecule has 1 aliphatic carbocycles. The SMILES string of the molecule is CC1(C(=N)N)CCC(C(=N)N)C1(C)C. The van der Waals surface area contributed by atoms with Crippen molar-refractivity contribution in [2.24, 2.45) is 28.2 Å². The van der Waals surface area contributed by atoms with Crippen LogP contribution in [0.2, 0.25) is 0 Å². The lowest BCUT2D eigenvalue weighted by atomic mass is 9.65. The van der Waals surface area contributed by atoms with Crippen LogP contribution in [0.4, 0.5) is 0 Å². The van der Waals surface area contributed by atoms with Crippen molar-refractivity contribution >= 4 is 11.7 Å². The molecule has 0 saturated heterocycles. The van der Waals surface area contributed by atoms with Crippen LogP contribution in [0.5, 0.6) is 0 Å². The highest BCUT2D eigenvalue weighted by Crippen LogP contribution is 2.55. The van der Waals surface area contributed by atoms with Gasteiger partial charge in [-0.3, -0.25) is 10.8 Å². The lowest BCUT2D eigenvalue weighted by molar-refractivity contribution is 0.184. The Labute approximate surface area is 85.1 Å². The molecule has 4 heteroatoms. The fourth-order valence-electron chi connectivity index (χ4n) is 2.53. The summed E-state index contributed by atoms with van der Waals surface area (Å²) in [5, 5.41) is 15.2. The van der Waals surface area contributed by atoms with E-state index in [9.17, 15) is 0 Å². The number of nitrogens with one attached hydrogen (secondary N) is 2. The summed E-state index contributed by atoms with van der Waals surface area (Å²) in [5.74, 6) is 0.489. The van der Waals surface area contributed by atoms with Gasteiger partial charge >= 0.3 is 0 Å². The summed E-state index contributed by atoms with van der Waals surface area (Å²) in [6.45, 7) is 6.10. The molecule has 0 bridgehead atoms. The van der Waals surface area contributed by atoms with Gasteiger partial charge in [0, 0.05) is 11.3 Å². The number of hydrogen-bond donors (Lipinski definition) is 4. The van der Waals surface area contributed by atoms with Crippen LogP contribution < -0.4 is 11.5 Å². The lowest BCUT2D eigenvalue weighted by Gasteiger charge is -2.40. The van der Waals surface area contributed by atoms with Crippen molar-refractivity contribution in [3.05, 3.63) is 0 Å². The smallest absolute Gasteiger partial charge is 0.0971 e. The molecule has 0 amide bonds. The first-order valence-corrected chi connectivity index (χ1v) is 4.92. The normalized spacial score (nSPS) is 35.5. The molecule has 6 N–H and O–H groups in total. The standard InChI is InChI=1S/C10H20N4/c1-9(2)6(7(11)12)4-5-10(9,3)8(13)14/h6H,4-5H2,1-3H3,(H3,11,12)(H3,13,14). The zero-order valence-electron chi connectivity index (χ0n) is 9.15. The quantitative estimate of drug-likeness (QED) is 0.395. The van der Waals surface area contributed by atoms with E-state index in [4.69, 9.17) is 22.3 Å². The molecule has 1 saturated carbocycles. The molecule has 0 radical (unpaired) electrons. The zero-order chi connectivity index (χ0) is 11.1. The molecule has 0 aromatic rings. The monoisotopic (exact) mass is 196 g/mol. The predicted octanol–water partition coefficient (Wildman–Crippen LogP) is 1.30. The number of nitrogens with two attached hydrogens (primary N) is 2. The van der Waals surface area contributed by atoms with Crippen molar-refractivity contribution in [1.82, 2.24) is 0 Å². The number of amidine groups is 2. The number of hydrogen-bond acceptors (Lipinski definition) is 2. The molecule has 1 rings (SSSR count). The highest BCUT2D eigenvalue weighted by Gasteiger charge is 2.54. The maximum absolute atomic E-state index is 7.64. The second-order valence-electron chi connectivity index (χ2n) is 5.01. The summed E-state index contributed by atoms with van der Waals surface area (Å²) in [5.41, 5.74) is 10.7. The van der Waals surface area contributed by atoms with Gasteiger partial charge in [-0.15, -0.1) is 0 Å². The molecule has 2 unspecified atom stereocenters. The summed E-state index contributed by atoms with van der Waals surface area (Å²) < 4.78 is 0. The molecule has 2 atom stereocenters. The molecule has 4 nitrogen and oxygen atoms in total. The largest absolute Gasteiger partial charge is 0.387 e. The highest BCUT2D eigenvalue weighted by atomic mass is 14.8. The molecule has 1 fully saturated rings. The molecule has 0 aliphatic heterocycles. The van der Waals surface area contributed by atoms with Crippen LogP contribution in [-0.4, -0.2) is 11.7 Å². The van der Waals surface area contributed by atoms with Crippen LogP contribution in [0.15, 0.2) is 0 Å². The van der Waals surface area contributed by atoms with Gasteiger partial charge in [-0.1, -0.05) is 20.8 Å². The van der Waals surface area contributed by atoms with Crippen LogP contribution in [0.25, 0.3) is 0 Å². The molecule has 0 aromatic heterocycles. The molecule has 14 heavy (non-hydrogen) atoms. The summed E-state index contributed by atoms with van der Waals surface area (Å²) in [4.78, 5) is 0. The Morgan fingerprint density at radius 2 is 1.71 bits per heavy atom. The van der Waals surface area contributed by atoms with E-state index in [2.05, 4.69) is 0 Å². The fourth-order valence-corrected chi connectivity index (χ4v) is 2.53. The first-order chi connectivity index (χ1) is 6.23. The Morgan fingerprint density at radius 1 is 1.21 bits per heavy atom. The summed E-state index contributed by atoms with van der Waals surface area (Å²) in [6, 6.07) is 0. The first-order valence-electron chi connectivity index (χ1n) is 4.92. The van der Waals surface area contributed by atoms with Gasteiger partial charge in [0.2, 0.25) is 0 Å². The van der Waals surface area contributed by atoms with Crippen LogP contribution >= 0.6 is 0 Å². The minimum absolute atomic E-state index is 0.0522. The molecule has 1 aliphatic rings. The second kappa shape index (κ2) is 2.97. The van der Waals surface area contributed by atoms with Crippen LogP contribution in [-0.2, 0) is 0 Å². The molecule has 0 spiro atoms. The molecular formula is C10H20N4. The zero-order valence-corrected chi connectivity index (χ0v) is 9.15. The van der Waals surface area contributed by atoms with E-state index in [1.165, 1.54) is 0 Å². The maximum atomic E-state index is 7.64. The molecular weight excluding hydrogens is 176 g/mol. The van der Waals surface area contributed by atoms with E-state index < -0.39 is 0 Å². The van der Waals surface area contributed by atoms with E-state index in [1.807, 2.05) is 20.8 Å². The van der Waals surface area contributed by atoms with Gasteiger partial charge in [0.05, 0.1) is 11.7 Å². The van der Waals surface area contributed by atoms with Crippen LogP contribution in [0.1, 0.15) is 33.6 Å². The Bertz CT molecular complexity index is 282. The molecule has 80 valence electrons. The number of rotatable bonds is 2. The predicted molar refractivity (Wildman–Crippen MR) is 58.4 cm³/mol. The van der Waals surface area contributed by atoms with E-state index in [-0.39, 0.29) is 28.4 Å². The third kappa shape index (κ3) is 1.21. The van der Waals surface area contributed by atoms with Gasteiger partial charge in [-0.2, -0.15) is 0 Å². The Hall–Kier alpha value is -1.06. The van der Waals surface area contributed by atoms with Gasteiger partial charge in [-0.05, 0) is 18.3 Å². The third-order valence-corrected chi connectivity index (χ3v) is 4.20. The van der Waals surface area contributed by atoms with Gasteiger partial charge in [0.15, 0.2) is 0 Å². The summed E-state index contributed by atoms with van der Waals surface area (Å²) in [6.07, 6.45) is 1.71. The van der Waals surface area contributed by atoms with E-state index in [0.717, 1.165) is 12.8 Å². The Balaban J connectivity index is 3.08. The van der Waals surface area contributed by atoms with Crippen LogP contribution in [0.3, 0.4) is 0 Å². The van der Waals surface area contributed by atoms with Crippen molar-refractivity contribution < 1.29 is 0 Å². The summed E-state index contributed by atoms with van der Waals surface area (Å²) >= 11 is 0. The fraction of sp³-hybridized carbons (Fsp3) is 0.800. The Kier molecular flexibility index (Phi) is 2.34. The van der Waals surface area contributed by atoms with Gasteiger partial charge < -0.3 is 11.5 Å². The average molecular weight is 196 g/mol. The Morgan fingerprint density at radius 3 is 1.93 bits per heavy atom. The van der Waals surface area contributed by atoms with Crippen molar-refractivity contribution in [2.75, 3.05) is 0 Å². The summed E-state index contributed by atoms with van der Waals surface area (Å²) in [7, 11) is 0. The van der Waals surface area contributed by atoms with Crippen molar-refractivity contribution in [1.29, 1.82) is 10.8 Å². The van der Waals surface area contributed by atoms with Crippen molar-refractivity contribution in [3.8, 4) is 0 Å². The van der Waals surface area contributed by atoms with Crippen molar-refractivity contribution in [2.45, 2.75) is 33.6 Å². The highest BCUT2D eigenvalue weighted by molar-refractivity contribution is 5.88. The second-order valence-corrected chi connectivity index (χ2v) is 5.01. The minimum Gasteiger partial charge on any atom is -0.387 e.